The van der Waals surface area contributed by atoms with Gasteiger partial charge in [0.05, 0.1) is 21.8 Å². The number of nitrogens with one attached hydrogen (secondary N) is 1. The maximum atomic E-state index is 12.7. The maximum absolute atomic E-state index is 12.7. The summed E-state index contributed by atoms with van der Waals surface area (Å²) in [6.07, 6.45) is 1.51. The molecule has 0 saturated heterocycles. The topological polar surface area (TPSA) is 55.1 Å². The molecular formula is C19H15ClN2O2. The minimum atomic E-state index is -0.615. The maximum Gasteiger partial charge on any atom is 0.236 e. The lowest BCUT2D eigenvalue weighted by atomic mass is 10.00. The van der Waals surface area contributed by atoms with Crippen molar-refractivity contribution in [3.63, 3.8) is 0 Å². The zero-order valence-corrected chi connectivity index (χ0v) is 13.6. The highest BCUT2D eigenvalue weighted by Crippen LogP contribution is 2.49. The lowest BCUT2D eigenvalue weighted by Gasteiger charge is -2.13. The molecule has 4 rings (SSSR count). The van der Waals surface area contributed by atoms with Crippen LogP contribution in [0.25, 0.3) is 11.3 Å². The molecule has 5 heteroatoms. The highest BCUT2D eigenvalue weighted by molar-refractivity contribution is 6.33. The molecular weight excluding hydrogens is 324 g/mol. The van der Waals surface area contributed by atoms with Gasteiger partial charge in [-0.1, -0.05) is 59.2 Å². The number of carbonyl (C=O) groups is 1. The zero-order chi connectivity index (χ0) is 16.6. The standard InChI is InChI=1S/C19H15ClN2O2/c20-14-8-4-5-9-15(14)21-18(23)19(10-11-19)17-12-16(24-22-17)13-6-2-1-3-7-13/h1-9,12H,10-11H2,(H,21,23). The van der Waals surface area contributed by atoms with Crippen molar-refractivity contribution in [2.45, 2.75) is 18.3 Å². The first kappa shape index (κ1) is 15.0. The number of benzene rings is 2. The number of anilines is 1. The van der Waals surface area contributed by atoms with E-state index >= 15 is 0 Å². The number of para-hydroxylation sites is 1. The van der Waals surface area contributed by atoms with Crippen molar-refractivity contribution in [3.8, 4) is 11.3 Å². The molecule has 24 heavy (non-hydrogen) atoms. The van der Waals surface area contributed by atoms with Crippen LogP contribution < -0.4 is 5.32 Å². The number of nitrogens with zero attached hydrogens (tertiary/aromatic N) is 1. The SMILES string of the molecule is O=C(Nc1ccccc1Cl)C1(c2cc(-c3ccccc3)on2)CC1. The van der Waals surface area contributed by atoms with Gasteiger partial charge in [-0.2, -0.15) is 0 Å². The third kappa shape index (κ3) is 2.59. The molecule has 1 heterocycles. The van der Waals surface area contributed by atoms with E-state index in [0.29, 0.717) is 22.2 Å². The smallest absolute Gasteiger partial charge is 0.236 e. The van der Waals surface area contributed by atoms with E-state index < -0.39 is 5.41 Å². The summed E-state index contributed by atoms with van der Waals surface area (Å²) < 4.78 is 5.45. The molecule has 1 amide bonds. The van der Waals surface area contributed by atoms with Crippen molar-refractivity contribution in [3.05, 3.63) is 71.4 Å². The predicted molar refractivity (Wildman–Crippen MR) is 92.9 cm³/mol. The van der Waals surface area contributed by atoms with Gasteiger partial charge >= 0.3 is 0 Å². The number of amides is 1. The summed E-state index contributed by atoms with van der Waals surface area (Å²) in [6.45, 7) is 0. The molecule has 0 atom stereocenters. The molecule has 0 aliphatic heterocycles. The van der Waals surface area contributed by atoms with Gasteiger partial charge in [-0.3, -0.25) is 4.79 Å². The van der Waals surface area contributed by atoms with Crippen LogP contribution in [0.4, 0.5) is 5.69 Å². The van der Waals surface area contributed by atoms with E-state index in [2.05, 4.69) is 10.5 Å². The Labute approximate surface area is 144 Å². The highest BCUT2D eigenvalue weighted by atomic mass is 35.5. The van der Waals surface area contributed by atoms with Gasteiger partial charge in [0.25, 0.3) is 0 Å². The van der Waals surface area contributed by atoms with Crippen molar-refractivity contribution < 1.29 is 9.32 Å². The first-order valence-electron chi connectivity index (χ1n) is 7.78. The minimum Gasteiger partial charge on any atom is -0.356 e. The van der Waals surface area contributed by atoms with Crippen LogP contribution in [0, 0.1) is 0 Å². The van der Waals surface area contributed by atoms with E-state index in [1.165, 1.54) is 0 Å². The van der Waals surface area contributed by atoms with Gasteiger partial charge in [-0.25, -0.2) is 0 Å². The first-order chi connectivity index (χ1) is 11.7. The van der Waals surface area contributed by atoms with Crippen LogP contribution in [-0.4, -0.2) is 11.1 Å². The Morgan fingerprint density at radius 1 is 1.08 bits per heavy atom. The van der Waals surface area contributed by atoms with Crippen molar-refractivity contribution in [1.29, 1.82) is 0 Å². The molecule has 120 valence electrons. The van der Waals surface area contributed by atoms with E-state index in [1.807, 2.05) is 48.5 Å². The zero-order valence-electron chi connectivity index (χ0n) is 12.8. The Balaban J connectivity index is 1.59. The monoisotopic (exact) mass is 338 g/mol. The Hall–Kier alpha value is -2.59. The lowest BCUT2D eigenvalue weighted by molar-refractivity contribution is -0.118. The molecule has 3 aromatic rings. The summed E-state index contributed by atoms with van der Waals surface area (Å²) in [7, 11) is 0. The molecule has 1 aromatic heterocycles. The molecule has 0 spiro atoms. The number of halogens is 1. The Bertz CT molecular complexity index is 885. The van der Waals surface area contributed by atoms with Crippen LogP contribution in [0.15, 0.2) is 65.2 Å². The number of rotatable bonds is 4. The van der Waals surface area contributed by atoms with E-state index in [1.54, 1.807) is 12.1 Å². The van der Waals surface area contributed by atoms with E-state index in [-0.39, 0.29) is 5.91 Å². The quantitative estimate of drug-likeness (QED) is 0.752. The molecule has 1 N–H and O–H groups in total. The van der Waals surface area contributed by atoms with Crippen LogP contribution >= 0.6 is 11.6 Å². The molecule has 1 aliphatic carbocycles. The lowest BCUT2D eigenvalue weighted by Crippen LogP contribution is -2.28. The first-order valence-corrected chi connectivity index (χ1v) is 8.15. The Kier molecular flexibility index (Phi) is 3.62. The second-order valence-electron chi connectivity index (χ2n) is 5.96. The third-order valence-corrected chi connectivity index (χ3v) is 4.70. The fraction of sp³-hybridized carbons (Fsp3) is 0.158. The molecule has 0 unspecified atom stereocenters. The Morgan fingerprint density at radius 2 is 1.79 bits per heavy atom. The third-order valence-electron chi connectivity index (χ3n) is 4.37. The van der Waals surface area contributed by atoms with Gasteiger partial charge in [0.2, 0.25) is 5.91 Å². The Morgan fingerprint density at radius 3 is 2.50 bits per heavy atom. The van der Waals surface area contributed by atoms with Gasteiger partial charge in [0.15, 0.2) is 5.76 Å². The largest absolute Gasteiger partial charge is 0.356 e. The summed E-state index contributed by atoms with van der Waals surface area (Å²) in [5.74, 6) is 0.575. The van der Waals surface area contributed by atoms with E-state index in [0.717, 1.165) is 18.4 Å². The molecule has 1 aliphatic rings. The summed E-state index contributed by atoms with van der Waals surface area (Å²) in [4.78, 5) is 12.7. The van der Waals surface area contributed by atoms with E-state index in [4.69, 9.17) is 16.1 Å². The average Bonchev–Trinajstić information content (AvgIpc) is 3.28. The van der Waals surface area contributed by atoms with Crippen molar-refractivity contribution >= 4 is 23.2 Å². The summed E-state index contributed by atoms with van der Waals surface area (Å²) >= 11 is 6.12. The van der Waals surface area contributed by atoms with Crippen LogP contribution in [-0.2, 0) is 10.2 Å². The van der Waals surface area contributed by atoms with Crippen molar-refractivity contribution in [2.24, 2.45) is 0 Å². The number of carbonyl (C=O) groups excluding carboxylic acids is 1. The van der Waals surface area contributed by atoms with Crippen LogP contribution in [0.3, 0.4) is 0 Å². The van der Waals surface area contributed by atoms with Crippen molar-refractivity contribution in [2.75, 3.05) is 5.32 Å². The van der Waals surface area contributed by atoms with Gasteiger partial charge in [0.1, 0.15) is 0 Å². The summed E-state index contributed by atoms with van der Waals surface area (Å²) in [5, 5.41) is 7.57. The number of aromatic nitrogens is 1. The summed E-state index contributed by atoms with van der Waals surface area (Å²) in [5.41, 5.74) is 1.61. The second-order valence-corrected chi connectivity index (χ2v) is 6.37. The van der Waals surface area contributed by atoms with Crippen LogP contribution in [0.2, 0.25) is 5.02 Å². The average molecular weight is 339 g/mol. The number of hydrogen-bond donors (Lipinski definition) is 1. The molecule has 4 nitrogen and oxygen atoms in total. The number of hydrogen-bond acceptors (Lipinski definition) is 3. The normalized spacial score (nSPS) is 15.0. The van der Waals surface area contributed by atoms with Gasteiger partial charge in [0, 0.05) is 11.6 Å². The van der Waals surface area contributed by atoms with Gasteiger partial charge < -0.3 is 9.84 Å². The second kappa shape index (κ2) is 5.80. The molecule has 1 fully saturated rings. The molecule has 2 aromatic carbocycles. The molecule has 0 bridgehead atoms. The predicted octanol–water partition coefficient (Wildman–Crippen LogP) is 4.67. The van der Waals surface area contributed by atoms with Gasteiger partial charge in [-0.05, 0) is 25.0 Å². The molecule has 1 saturated carbocycles. The van der Waals surface area contributed by atoms with E-state index in [9.17, 15) is 4.79 Å². The van der Waals surface area contributed by atoms with Gasteiger partial charge in [-0.15, -0.1) is 0 Å². The summed E-state index contributed by atoms with van der Waals surface area (Å²) in [6, 6.07) is 18.8. The highest BCUT2D eigenvalue weighted by Gasteiger charge is 2.54. The molecule has 0 radical (unpaired) electrons. The van der Waals surface area contributed by atoms with Crippen LogP contribution in [0.5, 0.6) is 0 Å². The fourth-order valence-corrected chi connectivity index (χ4v) is 2.95. The van der Waals surface area contributed by atoms with Crippen LogP contribution in [0.1, 0.15) is 18.5 Å². The minimum absolute atomic E-state index is 0.0940. The fourth-order valence-electron chi connectivity index (χ4n) is 2.77. The van der Waals surface area contributed by atoms with Crippen molar-refractivity contribution in [1.82, 2.24) is 5.16 Å².